The molecule has 0 aromatic heterocycles. The molecule has 8 heteroatoms. The molecule has 0 bridgehead atoms. The average molecular weight is 389 g/mol. The van der Waals surface area contributed by atoms with Crippen molar-refractivity contribution in [3.63, 3.8) is 0 Å². The van der Waals surface area contributed by atoms with E-state index in [1.54, 1.807) is 7.11 Å². The molecule has 6 nitrogen and oxygen atoms in total. The highest BCUT2D eigenvalue weighted by atomic mass is 35.5. The minimum absolute atomic E-state index is 0.0110. The van der Waals surface area contributed by atoms with Gasteiger partial charge < -0.3 is 10.1 Å². The molecule has 1 aromatic rings. The van der Waals surface area contributed by atoms with Crippen molar-refractivity contribution in [1.29, 1.82) is 0 Å². The maximum Gasteiger partial charge on any atom is 0.251 e. The van der Waals surface area contributed by atoms with Crippen LogP contribution in [0.4, 0.5) is 0 Å². The molecule has 0 aliphatic carbocycles. The van der Waals surface area contributed by atoms with Crippen molar-refractivity contribution in [2.45, 2.75) is 43.5 Å². The third-order valence-electron chi connectivity index (χ3n) is 4.17. The molecule has 1 aromatic carbocycles. The van der Waals surface area contributed by atoms with Gasteiger partial charge in [-0.05, 0) is 38.0 Å². The fraction of sp³-hybridized carbons (Fsp3) is 0.588. The lowest BCUT2D eigenvalue weighted by molar-refractivity contribution is 0.0905. The Kier molecular flexibility index (Phi) is 7.25. The van der Waals surface area contributed by atoms with E-state index in [9.17, 15) is 13.2 Å². The molecule has 1 fully saturated rings. The number of halogens is 1. The van der Waals surface area contributed by atoms with Gasteiger partial charge in [-0.15, -0.1) is 0 Å². The third-order valence-corrected chi connectivity index (χ3v) is 6.55. The first-order valence-electron chi connectivity index (χ1n) is 8.45. The number of benzene rings is 1. The number of carbonyl (C=O) groups is 1. The molecular formula is C17H25ClN2O4S. The smallest absolute Gasteiger partial charge is 0.251 e. The Labute approximate surface area is 154 Å². The molecule has 1 heterocycles. The van der Waals surface area contributed by atoms with Crippen molar-refractivity contribution in [1.82, 2.24) is 9.62 Å². The molecule has 1 unspecified atom stereocenters. The molecule has 1 amide bonds. The second-order valence-corrected chi connectivity index (χ2v) is 8.61. The summed E-state index contributed by atoms with van der Waals surface area (Å²) in [6, 6.07) is 4.16. The van der Waals surface area contributed by atoms with E-state index >= 15 is 0 Å². The highest BCUT2D eigenvalue weighted by Gasteiger charge is 2.28. The molecule has 1 saturated heterocycles. The van der Waals surface area contributed by atoms with Crippen LogP contribution in [-0.2, 0) is 14.8 Å². The normalized spacial score (nSPS) is 17.7. The first kappa shape index (κ1) is 20.2. The van der Waals surface area contributed by atoms with E-state index in [4.69, 9.17) is 16.3 Å². The quantitative estimate of drug-likeness (QED) is 0.812. The summed E-state index contributed by atoms with van der Waals surface area (Å²) in [4.78, 5) is 12.3. The number of hydrogen-bond acceptors (Lipinski definition) is 4. The predicted molar refractivity (Wildman–Crippen MR) is 97.5 cm³/mol. The van der Waals surface area contributed by atoms with E-state index in [2.05, 4.69) is 5.32 Å². The molecule has 1 atom stereocenters. The molecular weight excluding hydrogens is 364 g/mol. The molecule has 0 saturated carbocycles. The fourth-order valence-electron chi connectivity index (χ4n) is 2.86. The van der Waals surface area contributed by atoms with Gasteiger partial charge in [-0.3, -0.25) is 4.79 Å². The van der Waals surface area contributed by atoms with Crippen LogP contribution in [0.25, 0.3) is 0 Å². The summed E-state index contributed by atoms with van der Waals surface area (Å²) in [6.07, 6.45) is 3.73. The number of hydrogen-bond donors (Lipinski definition) is 1. The zero-order chi connectivity index (χ0) is 18.4. The summed E-state index contributed by atoms with van der Waals surface area (Å²) in [5.41, 5.74) is 0.265. The Balaban J connectivity index is 2.27. The Hall–Kier alpha value is -1.15. The zero-order valence-electron chi connectivity index (χ0n) is 14.6. The van der Waals surface area contributed by atoms with Gasteiger partial charge in [0.05, 0.1) is 11.6 Å². The Morgan fingerprint density at radius 3 is 2.52 bits per heavy atom. The molecule has 0 spiro atoms. The first-order valence-corrected chi connectivity index (χ1v) is 10.3. The number of methoxy groups -OCH3 is 1. The van der Waals surface area contributed by atoms with Gasteiger partial charge in [0.15, 0.2) is 0 Å². The number of rotatable bonds is 6. The summed E-state index contributed by atoms with van der Waals surface area (Å²) in [5, 5.41) is 2.90. The monoisotopic (exact) mass is 388 g/mol. The van der Waals surface area contributed by atoms with E-state index in [0.717, 1.165) is 25.7 Å². The largest absolute Gasteiger partial charge is 0.383 e. The predicted octanol–water partition coefficient (Wildman–Crippen LogP) is 2.67. The standard InChI is InChI=1S/C17H25ClN2O4S/c1-13(12-24-2)19-17(21)14-7-8-15(18)16(11-14)25(22,23)20-9-5-3-4-6-10-20/h7-8,11,13H,3-6,9-10,12H2,1-2H3,(H,19,21). The molecule has 1 aliphatic rings. The number of nitrogens with zero attached hydrogens (tertiary/aromatic N) is 1. The van der Waals surface area contributed by atoms with Crippen LogP contribution >= 0.6 is 11.6 Å². The summed E-state index contributed by atoms with van der Waals surface area (Å²) < 4.78 is 32.4. The highest BCUT2D eigenvalue weighted by Crippen LogP contribution is 2.27. The van der Waals surface area contributed by atoms with Gasteiger partial charge in [0.1, 0.15) is 4.90 Å². The van der Waals surface area contributed by atoms with Gasteiger partial charge in [-0.1, -0.05) is 24.4 Å². The van der Waals surface area contributed by atoms with Crippen LogP contribution in [0.2, 0.25) is 5.02 Å². The van der Waals surface area contributed by atoms with Crippen LogP contribution in [0, 0.1) is 0 Å². The van der Waals surface area contributed by atoms with Gasteiger partial charge in [0.25, 0.3) is 5.91 Å². The first-order chi connectivity index (χ1) is 11.9. The number of amides is 1. The minimum atomic E-state index is -3.71. The topological polar surface area (TPSA) is 75.7 Å². The van der Waals surface area contributed by atoms with Crippen LogP contribution in [0.1, 0.15) is 43.0 Å². The van der Waals surface area contributed by atoms with E-state index in [0.29, 0.717) is 19.7 Å². The van der Waals surface area contributed by atoms with Crippen LogP contribution in [0.5, 0.6) is 0 Å². The summed E-state index contributed by atoms with van der Waals surface area (Å²) in [6.45, 7) is 3.16. The average Bonchev–Trinajstić information content (AvgIpc) is 2.85. The second-order valence-electron chi connectivity index (χ2n) is 6.29. The summed E-state index contributed by atoms with van der Waals surface area (Å²) in [7, 11) is -2.16. The lowest BCUT2D eigenvalue weighted by Gasteiger charge is -2.21. The Morgan fingerprint density at radius 1 is 1.28 bits per heavy atom. The lowest BCUT2D eigenvalue weighted by Crippen LogP contribution is -2.36. The Bertz CT molecular complexity index is 701. The maximum absolute atomic E-state index is 13.0. The van der Waals surface area contributed by atoms with E-state index in [1.807, 2.05) is 6.92 Å². The van der Waals surface area contributed by atoms with Crippen molar-refractivity contribution in [2.75, 3.05) is 26.8 Å². The highest BCUT2D eigenvalue weighted by molar-refractivity contribution is 7.89. The van der Waals surface area contributed by atoms with Crippen molar-refractivity contribution in [3.05, 3.63) is 28.8 Å². The summed E-state index contributed by atoms with van der Waals surface area (Å²) >= 11 is 6.14. The van der Waals surface area contributed by atoms with Crippen molar-refractivity contribution >= 4 is 27.5 Å². The third kappa shape index (κ3) is 5.17. The van der Waals surface area contributed by atoms with Gasteiger partial charge >= 0.3 is 0 Å². The number of ether oxygens (including phenoxy) is 1. The number of nitrogens with one attached hydrogen (secondary N) is 1. The van der Waals surface area contributed by atoms with E-state index in [-0.39, 0.29) is 27.4 Å². The van der Waals surface area contributed by atoms with Crippen molar-refractivity contribution in [3.8, 4) is 0 Å². The number of carbonyl (C=O) groups excluding carboxylic acids is 1. The van der Waals surface area contributed by atoms with Gasteiger partial charge in [0, 0.05) is 31.8 Å². The van der Waals surface area contributed by atoms with Crippen LogP contribution in [0.3, 0.4) is 0 Å². The molecule has 140 valence electrons. The van der Waals surface area contributed by atoms with Crippen molar-refractivity contribution in [2.24, 2.45) is 0 Å². The Morgan fingerprint density at radius 2 is 1.92 bits per heavy atom. The van der Waals surface area contributed by atoms with Crippen LogP contribution < -0.4 is 5.32 Å². The second kappa shape index (κ2) is 8.98. The summed E-state index contributed by atoms with van der Waals surface area (Å²) in [5.74, 6) is -0.353. The fourth-order valence-corrected chi connectivity index (χ4v) is 4.88. The van der Waals surface area contributed by atoms with Gasteiger partial charge in [0.2, 0.25) is 10.0 Å². The van der Waals surface area contributed by atoms with Crippen LogP contribution in [-0.4, -0.2) is 51.5 Å². The SMILES string of the molecule is COCC(C)NC(=O)c1ccc(Cl)c(S(=O)(=O)N2CCCCCC2)c1. The molecule has 0 radical (unpaired) electrons. The maximum atomic E-state index is 13.0. The molecule has 1 aliphatic heterocycles. The molecule has 1 N–H and O–H groups in total. The molecule has 2 rings (SSSR count). The molecule has 25 heavy (non-hydrogen) atoms. The van der Waals surface area contributed by atoms with E-state index in [1.165, 1.54) is 22.5 Å². The minimum Gasteiger partial charge on any atom is -0.383 e. The lowest BCUT2D eigenvalue weighted by atomic mass is 10.2. The van der Waals surface area contributed by atoms with Crippen LogP contribution in [0.15, 0.2) is 23.1 Å². The zero-order valence-corrected chi connectivity index (χ0v) is 16.2. The van der Waals surface area contributed by atoms with Gasteiger partial charge in [-0.25, -0.2) is 8.42 Å². The van der Waals surface area contributed by atoms with Crippen molar-refractivity contribution < 1.29 is 17.9 Å². The number of sulfonamides is 1. The van der Waals surface area contributed by atoms with Gasteiger partial charge in [-0.2, -0.15) is 4.31 Å². The van der Waals surface area contributed by atoms with E-state index < -0.39 is 10.0 Å².